The number of nitrogen functional groups attached to an aromatic ring is 1. The van der Waals surface area contributed by atoms with Crippen LogP contribution >= 0.6 is 0 Å². The fourth-order valence-corrected chi connectivity index (χ4v) is 2.31. The van der Waals surface area contributed by atoms with Gasteiger partial charge in [-0.15, -0.1) is 0 Å². The zero-order valence-electron chi connectivity index (χ0n) is 10.9. The summed E-state index contributed by atoms with van der Waals surface area (Å²) in [6.45, 7) is 3.49. The quantitative estimate of drug-likeness (QED) is 0.798. The molecule has 1 saturated heterocycles. The Bertz CT molecular complexity index is 445. The number of rotatable bonds is 1. The summed E-state index contributed by atoms with van der Waals surface area (Å²) in [5.74, 6) is 0. The number of halogens is 3. The third-order valence-corrected chi connectivity index (χ3v) is 3.42. The number of hydrogen-bond donors (Lipinski definition) is 1. The Morgan fingerprint density at radius 1 is 1.11 bits per heavy atom. The first-order valence-corrected chi connectivity index (χ1v) is 6.28. The molecule has 0 unspecified atom stereocenters. The molecule has 0 saturated carbocycles. The maximum atomic E-state index is 12.6. The number of hydrogen-bond acceptors (Lipinski definition) is 3. The van der Waals surface area contributed by atoms with Crippen molar-refractivity contribution < 1.29 is 13.2 Å². The fourth-order valence-electron chi connectivity index (χ4n) is 2.31. The molecule has 0 atom stereocenters. The van der Waals surface area contributed by atoms with E-state index in [9.17, 15) is 13.2 Å². The second-order valence-electron chi connectivity index (χ2n) is 4.92. The molecule has 1 fully saturated rings. The largest absolute Gasteiger partial charge is 0.416 e. The van der Waals surface area contributed by atoms with Crippen LogP contribution in [0.4, 0.5) is 24.5 Å². The Morgan fingerprint density at radius 3 is 2.47 bits per heavy atom. The summed E-state index contributed by atoms with van der Waals surface area (Å²) >= 11 is 0. The molecule has 3 nitrogen and oxygen atoms in total. The summed E-state index contributed by atoms with van der Waals surface area (Å²) in [5.41, 5.74) is 5.98. The van der Waals surface area contributed by atoms with Gasteiger partial charge in [0.15, 0.2) is 0 Å². The summed E-state index contributed by atoms with van der Waals surface area (Å²) in [6, 6.07) is 3.59. The molecule has 0 radical (unpaired) electrons. The summed E-state index contributed by atoms with van der Waals surface area (Å²) in [5, 5.41) is 0. The second-order valence-corrected chi connectivity index (χ2v) is 4.92. The minimum absolute atomic E-state index is 0.194. The topological polar surface area (TPSA) is 32.5 Å². The maximum absolute atomic E-state index is 12.6. The standard InChI is InChI=1S/C13H18F3N3/c1-18-5-2-6-19(8-7-18)12-4-3-10(9-11(12)17)13(14,15)16/h3-4,9H,2,5-8,17H2,1H3. The van der Waals surface area contributed by atoms with Crippen LogP contribution in [0.15, 0.2) is 18.2 Å². The highest BCUT2D eigenvalue weighted by molar-refractivity contribution is 5.68. The van der Waals surface area contributed by atoms with E-state index in [-0.39, 0.29) is 5.69 Å². The molecule has 0 amide bonds. The lowest BCUT2D eigenvalue weighted by molar-refractivity contribution is -0.137. The van der Waals surface area contributed by atoms with Crippen LogP contribution in [0.2, 0.25) is 0 Å². The lowest BCUT2D eigenvalue weighted by atomic mass is 10.1. The Hall–Kier alpha value is -1.43. The second kappa shape index (κ2) is 5.28. The van der Waals surface area contributed by atoms with Crippen molar-refractivity contribution in [3.8, 4) is 0 Å². The van der Waals surface area contributed by atoms with Crippen molar-refractivity contribution in [3.63, 3.8) is 0 Å². The van der Waals surface area contributed by atoms with Gasteiger partial charge in [0.05, 0.1) is 16.9 Å². The first-order chi connectivity index (χ1) is 8.88. The number of nitrogens with two attached hydrogens (primary N) is 1. The van der Waals surface area contributed by atoms with Gasteiger partial charge in [0.25, 0.3) is 0 Å². The summed E-state index contributed by atoms with van der Waals surface area (Å²) in [6.07, 6.45) is -3.36. The van der Waals surface area contributed by atoms with E-state index in [1.165, 1.54) is 6.07 Å². The number of likely N-dealkylation sites (N-methyl/N-ethyl adjacent to an activating group) is 1. The van der Waals surface area contributed by atoms with Gasteiger partial charge in [-0.3, -0.25) is 0 Å². The summed E-state index contributed by atoms with van der Waals surface area (Å²) in [4.78, 5) is 4.26. The van der Waals surface area contributed by atoms with E-state index in [4.69, 9.17) is 5.73 Å². The molecule has 1 heterocycles. The van der Waals surface area contributed by atoms with E-state index in [1.807, 2.05) is 7.05 Å². The van der Waals surface area contributed by atoms with Crippen LogP contribution in [0.5, 0.6) is 0 Å². The zero-order chi connectivity index (χ0) is 14.0. The van der Waals surface area contributed by atoms with E-state index >= 15 is 0 Å². The van der Waals surface area contributed by atoms with E-state index in [0.717, 1.165) is 44.7 Å². The van der Waals surface area contributed by atoms with Gasteiger partial charge < -0.3 is 15.5 Å². The Kier molecular flexibility index (Phi) is 3.89. The highest BCUT2D eigenvalue weighted by Crippen LogP contribution is 2.34. The molecular weight excluding hydrogens is 255 g/mol. The molecule has 1 aromatic carbocycles. The predicted octanol–water partition coefficient (Wildman–Crippen LogP) is 2.43. The van der Waals surface area contributed by atoms with Gasteiger partial charge in [-0.2, -0.15) is 13.2 Å². The van der Waals surface area contributed by atoms with Gasteiger partial charge in [0.2, 0.25) is 0 Å². The number of nitrogens with zero attached hydrogens (tertiary/aromatic N) is 2. The molecule has 1 aliphatic heterocycles. The highest BCUT2D eigenvalue weighted by Gasteiger charge is 2.31. The maximum Gasteiger partial charge on any atom is 0.416 e. The normalized spacial score (nSPS) is 18.4. The van der Waals surface area contributed by atoms with Gasteiger partial charge in [0, 0.05) is 19.6 Å². The summed E-state index contributed by atoms with van der Waals surface area (Å²) < 4.78 is 37.7. The van der Waals surface area contributed by atoms with Crippen LogP contribution in [-0.2, 0) is 6.18 Å². The van der Waals surface area contributed by atoms with Crippen LogP contribution in [-0.4, -0.2) is 38.1 Å². The van der Waals surface area contributed by atoms with Crippen molar-refractivity contribution in [1.82, 2.24) is 4.90 Å². The third-order valence-electron chi connectivity index (χ3n) is 3.42. The van der Waals surface area contributed by atoms with Crippen molar-refractivity contribution in [1.29, 1.82) is 0 Å². The van der Waals surface area contributed by atoms with Crippen molar-refractivity contribution in [3.05, 3.63) is 23.8 Å². The minimum atomic E-state index is -4.34. The molecule has 1 aliphatic rings. The SMILES string of the molecule is CN1CCCN(c2ccc(C(F)(F)F)cc2N)CC1. The molecule has 0 aliphatic carbocycles. The lowest BCUT2D eigenvalue weighted by Gasteiger charge is -2.25. The lowest BCUT2D eigenvalue weighted by Crippen LogP contribution is -2.29. The van der Waals surface area contributed by atoms with E-state index < -0.39 is 11.7 Å². The average molecular weight is 273 g/mol. The minimum Gasteiger partial charge on any atom is -0.397 e. The zero-order valence-corrected chi connectivity index (χ0v) is 10.9. The van der Waals surface area contributed by atoms with E-state index in [0.29, 0.717) is 5.69 Å². The molecule has 6 heteroatoms. The van der Waals surface area contributed by atoms with Gasteiger partial charge >= 0.3 is 6.18 Å². The average Bonchev–Trinajstić information content (AvgIpc) is 2.53. The first kappa shape index (κ1) is 14.0. The molecule has 2 rings (SSSR count). The molecule has 0 spiro atoms. The fraction of sp³-hybridized carbons (Fsp3) is 0.538. The van der Waals surface area contributed by atoms with Crippen molar-refractivity contribution >= 4 is 11.4 Å². The Morgan fingerprint density at radius 2 is 1.84 bits per heavy atom. The molecule has 19 heavy (non-hydrogen) atoms. The van der Waals surface area contributed by atoms with Gasteiger partial charge in [-0.25, -0.2) is 0 Å². The van der Waals surface area contributed by atoms with Crippen LogP contribution in [0.3, 0.4) is 0 Å². The molecule has 2 N–H and O–H groups in total. The van der Waals surface area contributed by atoms with Crippen molar-refractivity contribution in [2.24, 2.45) is 0 Å². The Labute approximate surface area is 110 Å². The third kappa shape index (κ3) is 3.32. The van der Waals surface area contributed by atoms with Crippen LogP contribution in [0.1, 0.15) is 12.0 Å². The van der Waals surface area contributed by atoms with Crippen LogP contribution in [0, 0.1) is 0 Å². The number of benzene rings is 1. The first-order valence-electron chi connectivity index (χ1n) is 6.28. The molecule has 106 valence electrons. The molecule has 1 aromatic rings. The Balaban J connectivity index is 2.21. The smallest absolute Gasteiger partial charge is 0.397 e. The monoisotopic (exact) mass is 273 g/mol. The molecule has 0 aromatic heterocycles. The molecular formula is C13H18F3N3. The number of alkyl halides is 3. The predicted molar refractivity (Wildman–Crippen MR) is 70.2 cm³/mol. The highest BCUT2D eigenvalue weighted by atomic mass is 19.4. The van der Waals surface area contributed by atoms with Gasteiger partial charge in [-0.05, 0) is 38.2 Å². The van der Waals surface area contributed by atoms with Gasteiger partial charge in [-0.1, -0.05) is 0 Å². The van der Waals surface area contributed by atoms with Crippen LogP contribution in [0.25, 0.3) is 0 Å². The van der Waals surface area contributed by atoms with E-state index in [1.54, 1.807) is 0 Å². The summed E-state index contributed by atoms with van der Waals surface area (Å²) in [7, 11) is 2.04. The van der Waals surface area contributed by atoms with Crippen LogP contribution < -0.4 is 10.6 Å². The van der Waals surface area contributed by atoms with Crippen molar-refractivity contribution in [2.75, 3.05) is 43.9 Å². The van der Waals surface area contributed by atoms with E-state index in [2.05, 4.69) is 9.80 Å². The molecule has 0 bridgehead atoms. The van der Waals surface area contributed by atoms with Crippen molar-refractivity contribution in [2.45, 2.75) is 12.6 Å². The van der Waals surface area contributed by atoms with Gasteiger partial charge in [0.1, 0.15) is 0 Å². The number of anilines is 2.